The first-order chi connectivity index (χ1) is 14.5. The molecule has 4 rings (SSSR count). The predicted octanol–water partition coefficient (Wildman–Crippen LogP) is 2.79. The molecule has 0 aliphatic heterocycles. The fourth-order valence-electron chi connectivity index (χ4n) is 3.10. The molecule has 2 heterocycles. The highest BCUT2D eigenvalue weighted by Gasteiger charge is 2.13. The number of nitriles is 1. The van der Waals surface area contributed by atoms with Crippen LogP contribution < -0.4 is 5.69 Å². The van der Waals surface area contributed by atoms with Gasteiger partial charge in [-0.25, -0.2) is 13.6 Å². The highest BCUT2D eigenvalue weighted by Crippen LogP contribution is 2.14. The molecule has 0 spiro atoms. The molecule has 0 amide bonds. The minimum absolute atomic E-state index is 0.194. The summed E-state index contributed by atoms with van der Waals surface area (Å²) >= 11 is 0. The van der Waals surface area contributed by atoms with Gasteiger partial charge in [-0.05, 0) is 36.8 Å². The lowest BCUT2D eigenvalue weighted by Crippen LogP contribution is -2.24. The zero-order valence-corrected chi connectivity index (χ0v) is 16.0. The Kier molecular flexibility index (Phi) is 4.98. The van der Waals surface area contributed by atoms with Gasteiger partial charge in [-0.2, -0.15) is 20.1 Å². The zero-order chi connectivity index (χ0) is 21.3. The molecule has 0 saturated carbocycles. The monoisotopic (exact) mass is 406 g/mol. The third-order valence-electron chi connectivity index (χ3n) is 4.86. The molecule has 7 nitrogen and oxygen atoms in total. The van der Waals surface area contributed by atoms with E-state index in [0.29, 0.717) is 17.8 Å². The molecule has 0 unspecified atom stereocenters. The van der Waals surface area contributed by atoms with Gasteiger partial charge in [0.2, 0.25) is 0 Å². The van der Waals surface area contributed by atoms with Crippen LogP contribution in [0.1, 0.15) is 22.4 Å². The van der Waals surface area contributed by atoms with E-state index >= 15 is 0 Å². The molecule has 0 aliphatic carbocycles. The smallest absolute Gasteiger partial charge is 0.276 e. The third kappa shape index (κ3) is 3.51. The molecule has 0 N–H and O–H groups in total. The van der Waals surface area contributed by atoms with Crippen LogP contribution in [0.3, 0.4) is 0 Å². The molecule has 2 aromatic carbocycles. The first kappa shape index (κ1) is 19.3. The fraction of sp³-hybridized carbons (Fsp3) is 0.143. The lowest BCUT2D eigenvalue weighted by atomic mass is 10.2. The molecule has 0 aliphatic rings. The Balaban J connectivity index is 1.56. The van der Waals surface area contributed by atoms with Crippen LogP contribution in [0.4, 0.5) is 8.78 Å². The van der Waals surface area contributed by atoms with Crippen molar-refractivity contribution in [1.29, 1.82) is 5.26 Å². The van der Waals surface area contributed by atoms with Gasteiger partial charge in [0.1, 0.15) is 24.0 Å². The topological polar surface area (TPSA) is 81.4 Å². The Labute approximate surface area is 170 Å². The van der Waals surface area contributed by atoms with E-state index in [1.54, 1.807) is 16.8 Å². The molecule has 0 saturated heterocycles. The van der Waals surface area contributed by atoms with E-state index in [0.717, 1.165) is 32.6 Å². The summed E-state index contributed by atoms with van der Waals surface area (Å²) < 4.78 is 31.8. The van der Waals surface area contributed by atoms with E-state index in [2.05, 4.69) is 16.3 Å². The summed E-state index contributed by atoms with van der Waals surface area (Å²) in [6.45, 7) is 2.05. The van der Waals surface area contributed by atoms with Gasteiger partial charge in [0.05, 0.1) is 36.2 Å². The van der Waals surface area contributed by atoms with Crippen LogP contribution in [0.15, 0.2) is 59.8 Å². The lowest BCUT2D eigenvalue weighted by molar-refractivity contribution is 0.541. The van der Waals surface area contributed by atoms with E-state index in [9.17, 15) is 13.6 Å². The van der Waals surface area contributed by atoms with E-state index in [1.807, 2.05) is 19.1 Å². The summed E-state index contributed by atoms with van der Waals surface area (Å²) in [4.78, 5) is 12.6. The number of aromatic nitrogens is 5. The predicted molar refractivity (Wildman–Crippen MR) is 104 cm³/mol. The Bertz CT molecular complexity index is 1290. The second kappa shape index (κ2) is 7.75. The highest BCUT2D eigenvalue weighted by molar-refractivity contribution is 5.35. The number of rotatable bonds is 5. The largest absolute Gasteiger partial charge is 0.350 e. The number of hydrogen-bond acceptors (Lipinski definition) is 4. The van der Waals surface area contributed by atoms with Gasteiger partial charge < -0.3 is 0 Å². The average molecular weight is 406 g/mol. The van der Waals surface area contributed by atoms with Crippen molar-refractivity contribution < 1.29 is 8.78 Å². The number of nitrogens with zero attached hydrogens (tertiary/aromatic N) is 6. The molecular weight excluding hydrogens is 390 g/mol. The van der Waals surface area contributed by atoms with E-state index in [1.165, 1.54) is 18.6 Å². The quantitative estimate of drug-likeness (QED) is 0.510. The van der Waals surface area contributed by atoms with Crippen molar-refractivity contribution in [1.82, 2.24) is 24.1 Å². The Morgan fingerprint density at radius 1 is 1.03 bits per heavy atom. The van der Waals surface area contributed by atoms with E-state index < -0.39 is 17.3 Å². The minimum Gasteiger partial charge on any atom is -0.276 e. The Morgan fingerprint density at radius 3 is 2.37 bits per heavy atom. The van der Waals surface area contributed by atoms with Gasteiger partial charge in [-0.1, -0.05) is 18.2 Å². The van der Waals surface area contributed by atoms with Crippen LogP contribution in [-0.2, 0) is 13.1 Å². The number of halogens is 2. The van der Waals surface area contributed by atoms with Gasteiger partial charge in [0.25, 0.3) is 0 Å². The SMILES string of the molecule is Cc1c(C#N)cnn1Cc1ccc(-n2ncn(Cc3c(F)cccc3F)c2=O)cc1. The van der Waals surface area contributed by atoms with Crippen molar-refractivity contribution in [3.63, 3.8) is 0 Å². The van der Waals surface area contributed by atoms with Gasteiger partial charge >= 0.3 is 5.69 Å². The summed E-state index contributed by atoms with van der Waals surface area (Å²) in [6, 6.07) is 12.7. The minimum atomic E-state index is -0.715. The van der Waals surface area contributed by atoms with Crippen molar-refractivity contribution in [2.45, 2.75) is 20.0 Å². The number of hydrogen-bond donors (Lipinski definition) is 0. The summed E-state index contributed by atoms with van der Waals surface area (Å²) in [5, 5.41) is 17.3. The van der Waals surface area contributed by atoms with Crippen LogP contribution in [0, 0.1) is 29.9 Å². The van der Waals surface area contributed by atoms with Gasteiger partial charge in [-0.3, -0.25) is 9.25 Å². The molecule has 150 valence electrons. The second-order valence-electron chi connectivity index (χ2n) is 6.73. The molecular formula is C21H16F2N6O. The Hall–Kier alpha value is -4.06. The standard InChI is InChI=1S/C21H16F2N6O/c1-14-16(9-24)10-25-28(14)11-15-5-7-17(8-6-15)29-21(30)27(13-26-29)12-18-19(22)3-2-4-20(18)23/h2-8,10,13H,11-12H2,1H3. The maximum atomic E-state index is 13.9. The summed E-state index contributed by atoms with van der Waals surface area (Å²) in [6.07, 6.45) is 2.77. The molecule has 9 heteroatoms. The van der Waals surface area contributed by atoms with Crippen LogP contribution in [0.2, 0.25) is 0 Å². The van der Waals surface area contributed by atoms with Crippen LogP contribution in [0.25, 0.3) is 5.69 Å². The van der Waals surface area contributed by atoms with Crippen LogP contribution in [0.5, 0.6) is 0 Å². The first-order valence-corrected chi connectivity index (χ1v) is 9.07. The van der Waals surface area contributed by atoms with Crippen LogP contribution >= 0.6 is 0 Å². The first-order valence-electron chi connectivity index (χ1n) is 9.07. The van der Waals surface area contributed by atoms with Crippen molar-refractivity contribution in [3.8, 4) is 11.8 Å². The second-order valence-corrected chi connectivity index (χ2v) is 6.73. The molecule has 0 bridgehead atoms. The average Bonchev–Trinajstić information content (AvgIpc) is 3.28. The molecule has 0 atom stereocenters. The summed E-state index contributed by atoms with van der Waals surface area (Å²) in [5.41, 5.74) is 2.04. The molecule has 0 fully saturated rings. The molecule has 2 aromatic heterocycles. The normalized spacial score (nSPS) is 10.9. The van der Waals surface area contributed by atoms with Crippen LogP contribution in [-0.4, -0.2) is 24.1 Å². The molecule has 0 radical (unpaired) electrons. The van der Waals surface area contributed by atoms with Crippen molar-refractivity contribution in [3.05, 3.63) is 99.5 Å². The van der Waals surface area contributed by atoms with Crippen molar-refractivity contribution >= 4 is 0 Å². The highest BCUT2D eigenvalue weighted by atomic mass is 19.1. The van der Waals surface area contributed by atoms with Crippen molar-refractivity contribution in [2.75, 3.05) is 0 Å². The number of benzene rings is 2. The van der Waals surface area contributed by atoms with E-state index in [4.69, 9.17) is 5.26 Å². The maximum Gasteiger partial charge on any atom is 0.350 e. The summed E-state index contributed by atoms with van der Waals surface area (Å²) in [5.74, 6) is -1.43. The molecule has 4 aromatic rings. The van der Waals surface area contributed by atoms with E-state index in [-0.39, 0.29) is 12.1 Å². The van der Waals surface area contributed by atoms with Crippen molar-refractivity contribution in [2.24, 2.45) is 0 Å². The van der Waals surface area contributed by atoms with Gasteiger partial charge in [0.15, 0.2) is 0 Å². The van der Waals surface area contributed by atoms with Gasteiger partial charge in [0, 0.05) is 5.56 Å². The third-order valence-corrected chi connectivity index (χ3v) is 4.86. The maximum absolute atomic E-state index is 13.9. The summed E-state index contributed by atoms with van der Waals surface area (Å²) in [7, 11) is 0. The fourth-order valence-corrected chi connectivity index (χ4v) is 3.10. The zero-order valence-electron chi connectivity index (χ0n) is 16.0. The van der Waals surface area contributed by atoms with Gasteiger partial charge in [-0.15, -0.1) is 0 Å². The lowest BCUT2D eigenvalue weighted by Gasteiger charge is -2.06. The Morgan fingerprint density at radius 2 is 1.73 bits per heavy atom. The molecule has 30 heavy (non-hydrogen) atoms.